The molecule has 1 unspecified atom stereocenters. The summed E-state index contributed by atoms with van der Waals surface area (Å²) < 4.78 is 0. The number of aromatic nitrogens is 1. The first-order chi connectivity index (χ1) is 9.49. The Labute approximate surface area is 118 Å². The Bertz CT molecular complexity index is 599. The molecule has 0 fully saturated rings. The molecule has 5 heteroatoms. The van der Waals surface area contributed by atoms with Gasteiger partial charge in [0, 0.05) is 31.9 Å². The van der Waals surface area contributed by atoms with Crippen LogP contribution in [0.5, 0.6) is 11.5 Å². The van der Waals surface area contributed by atoms with E-state index in [2.05, 4.69) is 10.3 Å². The van der Waals surface area contributed by atoms with Gasteiger partial charge in [-0.05, 0) is 25.1 Å². The van der Waals surface area contributed by atoms with Crippen LogP contribution in [0.2, 0.25) is 0 Å². The van der Waals surface area contributed by atoms with E-state index in [1.54, 1.807) is 24.5 Å². The van der Waals surface area contributed by atoms with Gasteiger partial charge in [0.2, 0.25) is 0 Å². The number of hydrogen-bond acceptors (Lipinski definition) is 5. The first-order valence-electron chi connectivity index (χ1n) is 6.39. The van der Waals surface area contributed by atoms with E-state index in [0.29, 0.717) is 0 Å². The molecule has 2 rings (SSSR count). The van der Waals surface area contributed by atoms with Gasteiger partial charge < -0.3 is 20.4 Å². The van der Waals surface area contributed by atoms with Crippen LogP contribution < -0.4 is 10.2 Å². The molecule has 0 aliphatic heterocycles. The zero-order valence-corrected chi connectivity index (χ0v) is 11.8. The number of phenolic OH excluding ortho intramolecular Hbond substituents is 2. The molecular weight excluding hydrogens is 254 g/mol. The van der Waals surface area contributed by atoms with E-state index >= 15 is 0 Å². The molecule has 2 aromatic rings. The Morgan fingerprint density at radius 1 is 1.20 bits per heavy atom. The van der Waals surface area contributed by atoms with E-state index in [1.165, 1.54) is 6.07 Å². The van der Waals surface area contributed by atoms with Crippen LogP contribution >= 0.6 is 0 Å². The van der Waals surface area contributed by atoms with Crippen molar-refractivity contribution in [3.8, 4) is 11.5 Å². The molecule has 0 saturated carbocycles. The number of nitrogens with zero attached hydrogens (tertiary/aromatic N) is 2. The maximum atomic E-state index is 9.89. The largest absolute Gasteiger partial charge is 0.508 e. The standard InChI is InChI=1S/C15H19N3O2/c1-10(12-5-4-11(19)8-15(12)20)17-13-9-16-7-6-14(13)18(2)3/h4-10,17,19-20H,1-3H3. The molecule has 106 valence electrons. The predicted octanol–water partition coefficient (Wildman–Crippen LogP) is 2.73. The number of pyridine rings is 1. The number of rotatable bonds is 4. The molecule has 5 nitrogen and oxygen atoms in total. The molecule has 0 saturated heterocycles. The van der Waals surface area contributed by atoms with Crippen molar-refractivity contribution in [1.29, 1.82) is 0 Å². The predicted molar refractivity (Wildman–Crippen MR) is 80.4 cm³/mol. The van der Waals surface area contributed by atoms with Gasteiger partial charge in [-0.3, -0.25) is 4.98 Å². The summed E-state index contributed by atoms with van der Waals surface area (Å²) in [7, 11) is 3.92. The Kier molecular flexibility index (Phi) is 3.98. The first-order valence-corrected chi connectivity index (χ1v) is 6.39. The quantitative estimate of drug-likeness (QED) is 0.799. The normalized spacial score (nSPS) is 11.9. The number of hydrogen-bond donors (Lipinski definition) is 3. The molecular formula is C15H19N3O2. The lowest BCUT2D eigenvalue weighted by Crippen LogP contribution is -2.14. The van der Waals surface area contributed by atoms with Gasteiger partial charge in [-0.15, -0.1) is 0 Å². The highest BCUT2D eigenvalue weighted by Crippen LogP contribution is 2.32. The van der Waals surface area contributed by atoms with Crippen LogP contribution in [-0.2, 0) is 0 Å². The molecule has 0 radical (unpaired) electrons. The van der Waals surface area contributed by atoms with E-state index in [0.717, 1.165) is 16.9 Å². The summed E-state index contributed by atoms with van der Waals surface area (Å²) in [5, 5.41) is 22.5. The molecule has 20 heavy (non-hydrogen) atoms. The smallest absolute Gasteiger partial charge is 0.124 e. The third-order valence-corrected chi connectivity index (χ3v) is 3.13. The molecule has 1 aromatic carbocycles. The maximum absolute atomic E-state index is 9.89. The minimum absolute atomic E-state index is 0.0498. The summed E-state index contributed by atoms with van der Waals surface area (Å²) in [5.41, 5.74) is 2.62. The van der Waals surface area contributed by atoms with Crippen LogP contribution in [-0.4, -0.2) is 29.3 Å². The highest BCUT2D eigenvalue weighted by Gasteiger charge is 2.13. The average Bonchev–Trinajstić information content (AvgIpc) is 2.38. The Morgan fingerprint density at radius 3 is 2.60 bits per heavy atom. The van der Waals surface area contributed by atoms with Gasteiger partial charge in [-0.25, -0.2) is 0 Å². The lowest BCUT2D eigenvalue weighted by Gasteiger charge is -2.22. The van der Waals surface area contributed by atoms with Gasteiger partial charge in [0.05, 0.1) is 23.6 Å². The van der Waals surface area contributed by atoms with Gasteiger partial charge in [-0.2, -0.15) is 0 Å². The lowest BCUT2D eigenvalue weighted by atomic mass is 10.1. The summed E-state index contributed by atoms with van der Waals surface area (Å²) in [5.74, 6) is 0.120. The molecule has 1 aromatic heterocycles. The summed E-state index contributed by atoms with van der Waals surface area (Å²) in [6.45, 7) is 1.94. The number of aromatic hydroxyl groups is 2. The molecule has 0 aliphatic rings. The van der Waals surface area contributed by atoms with E-state index < -0.39 is 0 Å². The van der Waals surface area contributed by atoms with Crippen molar-refractivity contribution in [1.82, 2.24) is 4.98 Å². The fourth-order valence-electron chi connectivity index (χ4n) is 2.10. The average molecular weight is 273 g/mol. The molecule has 1 atom stereocenters. The van der Waals surface area contributed by atoms with Crippen molar-refractivity contribution in [2.45, 2.75) is 13.0 Å². The number of benzene rings is 1. The number of anilines is 2. The lowest BCUT2D eigenvalue weighted by molar-refractivity contribution is 0.444. The van der Waals surface area contributed by atoms with E-state index in [1.807, 2.05) is 32.0 Å². The van der Waals surface area contributed by atoms with Crippen LogP contribution in [0.4, 0.5) is 11.4 Å². The van der Waals surface area contributed by atoms with Gasteiger partial charge in [0.15, 0.2) is 0 Å². The highest BCUT2D eigenvalue weighted by molar-refractivity contribution is 5.68. The second kappa shape index (κ2) is 5.69. The van der Waals surface area contributed by atoms with Crippen molar-refractivity contribution in [2.75, 3.05) is 24.3 Å². The van der Waals surface area contributed by atoms with Crippen LogP contribution in [0.1, 0.15) is 18.5 Å². The highest BCUT2D eigenvalue weighted by atomic mass is 16.3. The third-order valence-electron chi connectivity index (χ3n) is 3.13. The molecule has 0 aliphatic carbocycles. The number of phenols is 2. The second-order valence-corrected chi connectivity index (χ2v) is 4.90. The molecule has 1 heterocycles. The first kappa shape index (κ1) is 14.0. The summed E-state index contributed by atoms with van der Waals surface area (Å²) >= 11 is 0. The summed E-state index contributed by atoms with van der Waals surface area (Å²) in [4.78, 5) is 6.11. The molecule has 0 amide bonds. The fraction of sp³-hybridized carbons (Fsp3) is 0.267. The van der Waals surface area contributed by atoms with Crippen molar-refractivity contribution in [3.05, 3.63) is 42.2 Å². The van der Waals surface area contributed by atoms with Gasteiger partial charge >= 0.3 is 0 Å². The fourth-order valence-corrected chi connectivity index (χ4v) is 2.10. The summed E-state index contributed by atoms with van der Waals surface area (Å²) in [6, 6.07) is 6.41. The van der Waals surface area contributed by atoms with E-state index in [-0.39, 0.29) is 17.5 Å². The van der Waals surface area contributed by atoms with Crippen molar-refractivity contribution in [3.63, 3.8) is 0 Å². The SMILES string of the molecule is CC(Nc1cnccc1N(C)C)c1ccc(O)cc1O. The Hall–Kier alpha value is -2.43. The minimum atomic E-state index is -0.113. The Balaban J connectivity index is 2.26. The van der Waals surface area contributed by atoms with Crippen molar-refractivity contribution in [2.24, 2.45) is 0 Å². The van der Waals surface area contributed by atoms with E-state index in [4.69, 9.17) is 0 Å². The van der Waals surface area contributed by atoms with Crippen LogP contribution in [0.15, 0.2) is 36.7 Å². The Morgan fingerprint density at radius 2 is 1.95 bits per heavy atom. The third kappa shape index (κ3) is 2.93. The van der Waals surface area contributed by atoms with Crippen molar-refractivity contribution >= 4 is 11.4 Å². The molecule has 0 bridgehead atoms. The topological polar surface area (TPSA) is 68.6 Å². The maximum Gasteiger partial charge on any atom is 0.124 e. The zero-order chi connectivity index (χ0) is 14.7. The number of nitrogens with one attached hydrogen (secondary N) is 1. The van der Waals surface area contributed by atoms with Crippen LogP contribution in [0, 0.1) is 0 Å². The zero-order valence-electron chi connectivity index (χ0n) is 11.8. The molecule has 3 N–H and O–H groups in total. The van der Waals surface area contributed by atoms with E-state index in [9.17, 15) is 10.2 Å². The van der Waals surface area contributed by atoms with Gasteiger partial charge in [0.1, 0.15) is 11.5 Å². The van der Waals surface area contributed by atoms with Crippen LogP contribution in [0.25, 0.3) is 0 Å². The van der Waals surface area contributed by atoms with Crippen molar-refractivity contribution < 1.29 is 10.2 Å². The minimum Gasteiger partial charge on any atom is -0.508 e. The van der Waals surface area contributed by atoms with Gasteiger partial charge in [-0.1, -0.05) is 0 Å². The van der Waals surface area contributed by atoms with Gasteiger partial charge in [0.25, 0.3) is 0 Å². The monoisotopic (exact) mass is 273 g/mol. The van der Waals surface area contributed by atoms with Crippen LogP contribution in [0.3, 0.4) is 0 Å². The molecule has 0 spiro atoms. The summed E-state index contributed by atoms with van der Waals surface area (Å²) in [6.07, 6.45) is 3.49. The second-order valence-electron chi connectivity index (χ2n) is 4.90.